The number of nitrogens with zero attached hydrogens (tertiary/aromatic N) is 2. The van der Waals surface area contributed by atoms with Crippen LogP contribution in [0.3, 0.4) is 0 Å². The minimum absolute atomic E-state index is 0.259. The van der Waals surface area contributed by atoms with Gasteiger partial charge in [-0.2, -0.15) is 5.10 Å². The Morgan fingerprint density at radius 1 is 1.22 bits per heavy atom. The zero-order chi connectivity index (χ0) is 16.7. The Kier molecular flexibility index (Phi) is 5.24. The number of methoxy groups -OCH3 is 1. The highest BCUT2D eigenvalue weighted by Gasteiger charge is 2.12. The van der Waals surface area contributed by atoms with Gasteiger partial charge in [0.25, 0.3) is 0 Å². The molecule has 0 aliphatic carbocycles. The summed E-state index contributed by atoms with van der Waals surface area (Å²) in [5, 5.41) is 3.63. The Balaban J connectivity index is 2.15. The number of pyridine rings is 1. The minimum atomic E-state index is -0.767. The van der Waals surface area contributed by atoms with Crippen LogP contribution in [-0.4, -0.2) is 30.3 Å². The molecule has 8 heteroatoms. The summed E-state index contributed by atoms with van der Waals surface area (Å²) in [6, 6.07) is 7.13. The van der Waals surface area contributed by atoms with Crippen LogP contribution >= 0.6 is 0 Å². The molecule has 2 rings (SSSR count). The van der Waals surface area contributed by atoms with Crippen LogP contribution in [0.15, 0.2) is 47.8 Å². The first kappa shape index (κ1) is 16.0. The second-order valence-corrected chi connectivity index (χ2v) is 4.27. The van der Waals surface area contributed by atoms with Crippen molar-refractivity contribution in [3.05, 3.63) is 53.9 Å². The van der Waals surface area contributed by atoms with Gasteiger partial charge in [-0.25, -0.2) is 15.0 Å². The summed E-state index contributed by atoms with van der Waals surface area (Å²) < 4.78 is 10.5. The molecule has 0 saturated carbocycles. The largest absolute Gasteiger partial charge is 0.493 e. The van der Waals surface area contributed by atoms with Crippen LogP contribution in [0.2, 0.25) is 0 Å². The maximum atomic E-state index is 12.0. The van der Waals surface area contributed by atoms with E-state index >= 15 is 0 Å². The van der Waals surface area contributed by atoms with Crippen LogP contribution in [0, 0.1) is 0 Å². The van der Waals surface area contributed by atoms with Crippen LogP contribution in [0.5, 0.6) is 11.5 Å². The fourth-order valence-corrected chi connectivity index (χ4v) is 1.67. The second-order valence-electron chi connectivity index (χ2n) is 4.27. The molecule has 3 N–H and O–H groups in total. The molecule has 118 valence electrons. The number of rotatable bonds is 5. The number of benzene rings is 1. The Hall–Kier alpha value is -3.42. The molecule has 0 aliphatic rings. The molecule has 0 saturated heterocycles. The highest BCUT2D eigenvalue weighted by atomic mass is 16.6. The van der Waals surface area contributed by atoms with Gasteiger partial charge in [0.2, 0.25) is 0 Å². The molecule has 1 heterocycles. The Bertz CT molecular complexity index is 732. The first-order valence-corrected chi connectivity index (χ1v) is 6.49. The van der Waals surface area contributed by atoms with Crippen LogP contribution in [0.25, 0.3) is 0 Å². The number of hydrogen-bond donors (Lipinski definition) is 2. The zero-order valence-electron chi connectivity index (χ0n) is 12.2. The maximum absolute atomic E-state index is 12.0. The van der Waals surface area contributed by atoms with Gasteiger partial charge in [0.1, 0.15) is 0 Å². The third-order valence-electron chi connectivity index (χ3n) is 2.69. The zero-order valence-corrected chi connectivity index (χ0v) is 12.2. The predicted octanol–water partition coefficient (Wildman–Crippen LogP) is 1.31. The lowest BCUT2D eigenvalue weighted by molar-refractivity contribution is 0.0729. The van der Waals surface area contributed by atoms with Gasteiger partial charge >= 0.3 is 12.0 Å². The third kappa shape index (κ3) is 4.53. The Morgan fingerprint density at radius 3 is 2.61 bits per heavy atom. The number of nitrogens with two attached hydrogens (primary N) is 1. The molecule has 0 aliphatic heterocycles. The van der Waals surface area contributed by atoms with Crippen molar-refractivity contribution in [1.29, 1.82) is 0 Å². The lowest BCUT2D eigenvalue weighted by Crippen LogP contribution is -2.24. The van der Waals surface area contributed by atoms with Gasteiger partial charge in [-0.05, 0) is 35.9 Å². The Labute approximate surface area is 131 Å². The van der Waals surface area contributed by atoms with E-state index in [1.165, 1.54) is 25.7 Å². The highest BCUT2D eigenvalue weighted by Crippen LogP contribution is 2.28. The van der Waals surface area contributed by atoms with Crippen molar-refractivity contribution in [2.75, 3.05) is 7.11 Å². The summed E-state index contributed by atoms with van der Waals surface area (Å²) in [7, 11) is 1.45. The molecule has 2 amide bonds. The van der Waals surface area contributed by atoms with E-state index in [-0.39, 0.29) is 5.75 Å². The van der Waals surface area contributed by atoms with Crippen molar-refractivity contribution >= 4 is 18.2 Å². The molecule has 1 aromatic heterocycles. The van der Waals surface area contributed by atoms with Gasteiger partial charge in [-0.1, -0.05) is 0 Å². The maximum Gasteiger partial charge on any atom is 0.343 e. The molecule has 0 bridgehead atoms. The van der Waals surface area contributed by atoms with E-state index < -0.39 is 12.0 Å². The molecule has 0 spiro atoms. The van der Waals surface area contributed by atoms with E-state index in [1.807, 2.05) is 0 Å². The quantitative estimate of drug-likeness (QED) is 0.373. The van der Waals surface area contributed by atoms with Crippen LogP contribution in [0.1, 0.15) is 15.9 Å². The molecule has 23 heavy (non-hydrogen) atoms. The van der Waals surface area contributed by atoms with Gasteiger partial charge < -0.3 is 15.2 Å². The summed E-state index contributed by atoms with van der Waals surface area (Å²) in [4.78, 5) is 26.4. The number of ether oxygens (including phenoxy) is 2. The van der Waals surface area contributed by atoms with Crippen molar-refractivity contribution < 1.29 is 19.1 Å². The number of carbonyl (C=O) groups is 2. The molecule has 2 aromatic rings. The number of aromatic nitrogens is 1. The molecule has 8 nitrogen and oxygen atoms in total. The number of hydrogen-bond acceptors (Lipinski definition) is 6. The number of hydrazone groups is 1. The molecular weight excluding hydrogens is 300 g/mol. The molecule has 0 fully saturated rings. The van der Waals surface area contributed by atoms with Crippen LogP contribution in [-0.2, 0) is 0 Å². The van der Waals surface area contributed by atoms with Gasteiger partial charge in [0.15, 0.2) is 11.5 Å². The van der Waals surface area contributed by atoms with Crippen molar-refractivity contribution in [1.82, 2.24) is 10.4 Å². The minimum Gasteiger partial charge on any atom is -0.493 e. The highest BCUT2D eigenvalue weighted by molar-refractivity contribution is 5.91. The second kappa shape index (κ2) is 7.55. The fourth-order valence-electron chi connectivity index (χ4n) is 1.67. The van der Waals surface area contributed by atoms with E-state index in [2.05, 4.69) is 15.5 Å². The predicted molar refractivity (Wildman–Crippen MR) is 82.5 cm³/mol. The van der Waals surface area contributed by atoms with E-state index in [0.717, 1.165) is 0 Å². The first-order chi connectivity index (χ1) is 11.1. The standard InChI is InChI=1S/C15H14N4O4/c1-22-13-8-10(9-18-19-15(16)21)2-3-12(13)23-14(20)11-4-6-17-7-5-11/h2-9H,1H3,(H3,16,19,21)/b18-9-. The third-order valence-corrected chi connectivity index (χ3v) is 2.69. The normalized spacial score (nSPS) is 10.3. The molecule has 0 radical (unpaired) electrons. The summed E-state index contributed by atoms with van der Waals surface area (Å²) in [6.45, 7) is 0. The van der Waals surface area contributed by atoms with Gasteiger partial charge in [-0.15, -0.1) is 0 Å². The average Bonchev–Trinajstić information content (AvgIpc) is 2.56. The Morgan fingerprint density at radius 2 is 1.96 bits per heavy atom. The van der Waals surface area contributed by atoms with Crippen molar-refractivity contribution in [2.24, 2.45) is 10.8 Å². The van der Waals surface area contributed by atoms with Crippen molar-refractivity contribution in [3.63, 3.8) is 0 Å². The number of carbonyl (C=O) groups excluding carboxylic acids is 2. The van der Waals surface area contributed by atoms with Gasteiger partial charge in [0.05, 0.1) is 18.9 Å². The van der Waals surface area contributed by atoms with Gasteiger partial charge in [-0.3, -0.25) is 4.98 Å². The summed E-state index contributed by atoms with van der Waals surface area (Å²) in [5.41, 5.74) is 7.97. The number of nitrogens with one attached hydrogen (secondary N) is 1. The first-order valence-electron chi connectivity index (χ1n) is 6.49. The van der Waals surface area contributed by atoms with Crippen molar-refractivity contribution in [2.45, 2.75) is 0 Å². The lowest BCUT2D eigenvalue weighted by atomic mass is 10.2. The van der Waals surface area contributed by atoms with Crippen LogP contribution in [0.4, 0.5) is 4.79 Å². The molecule has 1 aromatic carbocycles. The monoisotopic (exact) mass is 314 g/mol. The summed E-state index contributed by atoms with van der Waals surface area (Å²) in [6.07, 6.45) is 4.37. The molecular formula is C15H14N4O4. The fraction of sp³-hybridized carbons (Fsp3) is 0.0667. The van der Waals surface area contributed by atoms with E-state index in [0.29, 0.717) is 16.9 Å². The molecule has 0 atom stereocenters. The average molecular weight is 314 g/mol. The number of esters is 1. The lowest BCUT2D eigenvalue weighted by Gasteiger charge is -2.09. The smallest absolute Gasteiger partial charge is 0.343 e. The van der Waals surface area contributed by atoms with Crippen molar-refractivity contribution in [3.8, 4) is 11.5 Å². The van der Waals surface area contributed by atoms with E-state index in [9.17, 15) is 9.59 Å². The number of primary amides is 1. The van der Waals surface area contributed by atoms with E-state index in [4.69, 9.17) is 15.2 Å². The molecule has 0 unspecified atom stereocenters. The summed E-state index contributed by atoms with van der Waals surface area (Å²) in [5.74, 6) is 0.0762. The van der Waals surface area contributed by atoms with E-state index in [1.54, 1.807) is 30.3 Å². The van der Waals surface area contributed by atoms with Gasteiger partial charge in [0, 0.05) is 12.4 Å². The van der Waals surface area contributed by atoms with Crippen LogP contribution < -0.4 is 20.6 Å². The topological polar surface area (TPSA) is 116 Å². The summed E-state index contributed by atoms with van der Waals surface area (Å²) >= 11 is 0. The number of amides is 2. The number of urea groups is 1. The SMILES string of the molecule is COc1cc(/C=N\NC(N)=O)ccc1OC(=O)c1ccncc1.